The van der Waals surface area contributed by atoms with Crippen LogP contribution in [-0.4, -0.2) is 47.5 Å². The fourth-order valence-corrected chi connectivity index (χ4v) is 3.65. The van der Waals surface area contributed by atoms with Crippen molar-refractivity contribution in [2.75, 3.05) is 47.5 Å². The Morgan fingerprint density at radius 2 is 1.46 bits per heavy atom. The number of aromatic nitrogens is 1. The highest BCUT2D eigenvalue weighted by Gasteiger charge is 2.25. The summed E-state index contributed by atoms with van der Waals surface area (Å²) in [5.41, 5.74) is 2.52. The first-order valence-corrected chi connectivity index (χ1v) is 9.15. The van der Waals surface area contributed by atoms with Crippen LogP contribution < -0.4 is 29.0 Å². The summed E-state index contributed by atoms with van der Waals surface area (Å²) < 4.78 is 16.4. The first-order chi connectivity index (χ1) is 12.7. The van der Waals surface area contributed by atoms with Crippen molar-refractivity contribution in [3.05, 3.63) is 47.8 Å². The van der Waals surface area contributed by atoms with Gasteiger partial charge in [-0.25, -0.2) is 4.98 Å². The summed E-state index contributed by atoms with van der Waals surface area (Å²) in [5.74, 6) is 2.11. The van der Waals surface area contributed by atoms with Gasteiger partial charge in [-0.2, -0.15) is 0 Å². The summed E-state index contributed by atoms with van der Waals surface area (Å²) in [5, 5.41) is 0. The summed E-state index contributed by atoms with van der Waals surface area (Å²) >= 11 is 0. The standard InChI is InChI=1S/C20H27N3O3/c1-24-18-12-16(13-19(25-2)20(18)26-3)14-22-8-10-23(11-9-22)15-17-6-4-5-7-21-17/h4-7,12-13H,8-11,14-15H2,1-3H3/p+3. The fraction of sp³-hybridized carbons (Fsp3) is 0.450. The van der Waals surface area contributed by atoms with Crippen molar-refractivity contribution in [1.82, 2.24) is 0 Å². The van der Waals surface area contributed by atoms with E-state index in [1.54, 1.807) is 31.1 Å². The zero-order valence-corrected chi connectivity index (χ0v) is 15.9. The Morgan fingerprint density at radius 1 is 0.846 bits per heavy atom. The van der Waals surface area contributed by atoms with Gasteiger partial charge in [0.2, 0.25) is 11.4 Å². The van der Waals surface area contributed by atoms with Gasteiger partial charge in [-0.15, -0.1) is 0 Å². The lowest BCUT2D eigenvalue weighted by molar-refractivity contribution is -1.03. The molecule has 0 saturated carbocycles. The largest absolute Gasteiger partial charge is 0.493 e. The number of rotatable bonds is 7. The number of benzene rings is 1. The van der Waals surface area contributed by atoms with Gasteiger partial charge in [0.1, 0.15) is 32.7 Å². The van der Waals surface area contributed by atoms with E-state index in [-0.39, 0.29) is 0 Å². The molecule has 140 valence electrons. The minimum Gasteiger partial charge on any atom is -0.493 e. The molecule has 1 aliphatic heterocycles. The molecule has 2 aromatic rings. The predicted molar refractivity (Wildman–Crippen MR) is 97.9 cm³/mol. The van der Waals surface area contributed by atoms with E-state index >= 15 is 0 Å². The van der Waals surface area contributed by atoms with E-state index in [4.69, 9.17) is 14.2 Å². The number of methoxy groups -OCH3 is 3. The highest BCUT2D eigenvalue weighted by atomic mass is 16.5. The molecule has 1 aliphatic rings. The third-order valence-electron chi connectivity index (χ3n) is 5.06. The van der Waals surface area contributed by atoms with Gasteiger partial charge in [0.25, 0.3) is 0 Å². The van der Waals surface area contributed by atoms with Crippen molar-refractivity contribution in [2.24, 2.45) is 0 Å². The molecule has 0 aliphatic carbocycles. The molecule has 1 saturated heterocycles. The molecular formula is C20H30N3O3+3. The average molecular weight is 360 g/mol. The highest BCUT2D eigenvalue weighted by molar-refractivity contribution is 5.53. The Morgan fingerprint density at radius 3 is 1.96 bits per heavy atom. The van der Waals surface area contributed by atoms with Crippen LogP contribution >= 0.6 is 0 Å². The summed E-state index contributed by atoms with van der Waals surface area (Å²) in [6.45, 7) is 6.74. The van der Waals surface area contributed by atoms with Crippen LogP contribution in [0.4, 0.5) is 0 Å². The average Bonchev–Trinajstić information content (AvgIpc) is 2.69. The van der Waals surface area contributed by atoms with Crippen LogP contribution in [0.15, 0.2) is 36.5 Å². The van der Waals surface area contributed by atoms with Crippen LogP contribution in [0.3, 0.4) is 0 Å². The zero-order chi connectivity index (χ0) is 18.4. The predicted octanol–water partition coefficient (Wildman–Crippen LogP) is -0.990. The number of nitrogens with one attached hydrogen (secondary N) is 3. The molecule has 6 nitrogen and oxygen atoms in total. The lowest BCUT2D eigenvalue weighted by atomic mass is 10.1. The first-order valence-electron chi connectivity index (χ1n) is 9.15. The third kappa shape index (κ3) is 4.45. The summed E-state index contributed by atoms with van der Waals surface area (Å²) in [7, 11) is 4.96. The normalized spacial score (nSPS) is 19.8. The summed E-state index contributed by atoms with van der Waals surface area (Å²) in [4.78, 5) is 6.57. The second-order valence-corrected chi connectivity index (χ2v) is 6.77. The lowest BCUT2D eigenvalue weighted by Gasteiger charge is -2.29. The molecule has 1 fully saturated rings. The van der Waals surface area contributed by atoms with Crippen LogP contribution in [0.5, 0.6) is 17.2 Å². The topological polar surface area (TPSA) is 50.7 Å². The summed E-state index contributed by atoms with van der Waals surface area (Å²) in [6, 6.07) is 10.4. The number of piperazine rings is 1. The maximum absolute atomic E-state index is 5.47. The van der Waals surface area contributed by atoms with Crippen molar-refractivity contribution < 1.29 is 29.0 Å². The van der Waals surface area contributed by atoms with Crippen LogP contribution in [0.25, 0.3) is 0 Å². The van der Waals surface area contributed by atoms with Crippen LogP contribution in [-0.2, 0) is 13.1 Å². The molecule has 0 spiro atoms. The molecule has 0 bridgehead atoms. The SMILES string of the molecule is COc1cc(C[NH+]2CC[NH+](Cc3cccc[nH+]3)CC2)cc(OC)c1OC. The van der Waals surface area contributed by atoms with Crippen LogP contribution in [0.2, 0.25) is 0 Å². The van der Waals surface area contributed by atoms with Gasteiger partial charge in [0.05, 0.1) is 21.3 Å². The van der Waals surface area contributed by atoms with Gasteiger partial charge in [-0.3, -0.25) is 0 Å². The van der Waals surface area contributed by atoms with E-state index in [1.807, 2.05) is 12.3 Å². The van der Waals surface area contributed by atoms with Crippen molar-refractivity contribution >= 4 is 0 Å². The van der Waals surface area contributed by atoms with E-state index in [2.05, 4.69) is 29.2 Å². The lowest BCUT2D eigenvalue weighted by Crippen LogP contribution is -3.27. The minimum atomic E-state index is 0.655. The smallest absolute Gasteiger partial charge is 0.234 e. The number of ether oxygens (including phenoxy) is 3. The molecule has 1 aromatic heterocycles. The molecule has 3 rings (SSSR count). The number of quaternary nitrogens is 2. The minimum absolute atomic E-state index is 0.655. The second-order valence-electron chi connectivity index (χ2n) is 6.77. The first kappa shape index (κ1) is 18.5. The highest BCUT2D eigenvalue weighted by Crippen LogP contribution is 2.37. The quantitative estimate of drug-likeness (QED) is 0.667. The molecule has 3 N–H and O–H groups in total. The van der Waals surface area contributed by atoms with Crippen molar-refractivity contribution in [3.63, 3.8) is 0 Å². The fourth-order valence-electron chi connectivity index (χ4n) is 3.65. The Balaban J connectivity index is 1.59. The number of H-pyrrole nitrogens is 1. The molecule has 0 radical (unpaired) electrons. The van der Waals surface area contributed by atoms with Crippen LogP contribution in [0.1, 0.15) is 11.3 Å². The summed E-state index contributed by atoms with van der Waals surface area (Å²) in [6.07, 6.45) is 2.00. The van der Waals surface area contributed by atoms with Gasteiger partial charge in [0, 0.05) is 17.7 Å². The maximum atomic E-state index is 5.47. The van der Waals surface area contributed by atoms with E-state index in [0.29, 0.717) is 5.75 Å². The maximum Gasteiger partial charge on any atom is 0.234 e. The molecule has 2 heterocycles. The molecular weight excluding hydrogens is 330 g/mol. The van der Waals surface area contributed by atoms with Crippen LogP contribution in [0, 0.1) is 0 Å². The van der Waals surface area contributed by atoms with Gasteiger partial charge in [-0.1, -0.05) is 0 Å². The number of hydrogen-bond acceptors (Lipinski definition) is 3. The van der Waals surface area contributed by atoms with Crippen molar-refractivity contribution in [1.29, 1.82) is 0 Å². The molecule has 6 heteroatoms. The van der Waals surface area contributed by atoms with E-state index < -0.39 is 0 Å². The number of pyridine rings is 1. The van der Waals surface area contributed by atoms with Crippen molar-refractivity contribution in [2.45, 2.75) is 13.1 Å². The Kier molecular flexibility index (Phi) is 6.30. The van der Waals surface area contributed by atoms with Crippen molar-refractivity contribution in [3.8, 4) is 17.2 Å². The van der Waals surface area contributed by atoms with E-state index in [1.165, 1.54) is 37.4 Å². The monoisotopic (exact) mass is 360 g/mol. The number of aromatic amines is 1. The van der Waals surface area contributed by atoms with Gasteiger partial charge >= 0.3 is 0 Å². The Hall–Kier alpha value is -2.31. The zero-order valence-electron chi connectivity index (χ0n) is 15.9. The van der Waals surface area contributed by atoms with E-state index in [0.717, 1.165) is 24.6 Å². The number of hydrogen-bond donors (Lipinski definition) is 2. The van der Waals surface area contributed by atoms with Gasteiger partial charge in [0.15, 0.2) is 24.2 Å². The molecule has 0 unspecified atom stereocenters. The van der Waals surface area contributed by atoms with Gasteiger partial charge < -0.3 is 24.0 Å². The third-order valence-corrected chi connectivity index (χ3v) is 5.06. The molecule has 26 heavy (non-hydrogen) atoms. The molecule has 0 atom stereocenters. The Labute approximate surface area is 155 Å². The van der Waals surface area contributed by atoms with Gasteiger partial charge in [-0.05, 0) is 18.2 Å². The second kappa shape index (κ2) is 8.87. The Bertz CT molecular complexity index is 676. The molecule has 0 amide bonds. The molecule has 1 aromatic carbocycles. The van der Waals surface area contributed by atoms with E-state index in [9.17, 15) is 0 Å².